The number of carbonyl (C=O) groups excluding carboxylic acids is 1. The van der Waals surface area contributed by atoms with E-state index in [0.29, 0.717) is 23.9 Å². The van der Waals surface area contributed by atoms with Crippen molar-refractivity contribution in [3.05, 3.63) is 27.3 Å². The molecular weight excluding hydrogens is 367 g/mol. The summed E-state index contributed by atoms with van der Waals surface area (Å²) in [5.74, 6) is 0.586. The number of hydrogen-bond acceptors (Lipinski definition) is 3. The van der Waals surface area contributed by atoms with E-state index >= 15 is 0 Å². The predicted molar refractivity (Wildman–Crippen MR) is 88.3 cm³/mol. The van der Waals surface area contributed by atoms with E-state index in [1.807, 2.05) is 18.2 Å². The van der Waals surface area contributed by atoms with Gasteiger partial charge in [0.25, 0.3) is 5.91 Å². The fraction of sp³-hybridized carbons (Fsp3) is 0.533. The quantitative estimate of drug-likeness (QED) is 0.789. The molecule has 1 N–H and O–H groups in total. The second-order valence-electron chi connectivity index (χ2n) is 4.95. The normalized spacial score (nSPS) is 19.1. The van der Waals surface area contributed by atoms with E-state index < -0.39 is 0 Å². The van der Waals surface area contributed by atoms with Gasteiger partial charge in [-0.2, -0.15) is 0 Å². The highest BCUT2D eigenvalue weighted by molar-refractivity contribution is 14.1. The van der Waals surface area contributed by atoms with Crippen molar-refractivity contribution in [1.29, 1.82) is 0 Å². The highest BCUT2D eigenvalue weighted by Crippen LogP contribution is 2.23. The van der Waals surface area contributed by atoms with Crippen molar-refractivity contribution in [3.8, 4) is 5.75 Å². The largest absolute Gasteiger partial charge is 0.496 e. The fourth-order valence-electron chi connectivity index (χ4n) is 2.74. The van der Waals surface area contributed by atoms with Crippen LogP contribution >= 0.6 is 22.6 Å². The number of nitrogens with zero attached hydrogens (tertiary/aromatic N) is 1. The first kappa shape index (κ1) is 15.6. The van der Waals surface area contributed by atoms with Gasteiger partial charge in [0.15, 0.2) is 0 Å². The van der Waals surface area contributed by atoms with Crippen LogP contribution in [0.1, 0.15) is 30.1 Å². The van der Waals surface area contributed by atoms with E-state index in [1.165, 1.54) is 6.42 Å². The third kappa shape index (κ3) is 3.44. The molecule has 110 valence electrons. The van der Waals surface area contributed by atoms with Crippen molar-refractivity contribution in [3.63, 3.8) is 0 Å². The molecule has 0 radical (unpaired) electrons. The maximum atomic E-state index is 12.4. The molecule has 1 amide bonds. The SMILES string of the molecule is CCN1CCCC1CNC(=O)c1c(I)cccc1OC. The number of nitrogens with one attached hydrogen (secondary N) is 1. The average molecular weight is 388 g/mol. The van der Waals surface area contributed by atoms with Crippen molar-refractivity contribution < 1.29 is 9.53 Å². The lowest BCUT2D eigenvalue weighted by molar-refractivity contribution is 0.0937. The molecule has 4 nitrogen and oxygen atoms in total. The number of rotatable bonds is 5. The Morgan fingerprint density at radius 3 is 3.05 bits per heavy atom. The van der Waals surface area contributed by atoms with Crippen LogP contribution in [0, 0.1) is 3.57 Å². The van der Waals surface area contributed by atoms with E-state index in [2.05, 4.69) is 39.7 Å². The Kier molecular flexibility index (Phi) is 5.65. The minimum atomic E-state index is -0.0465. The van der Waals surface area contributed by atoms with Gasteiger partial charge in [-0.15, -0.1) is 0 Å². The molecule has 0 aromatic heterocycles. The van der Waals surface area contributed by atoms with E-state index in [0.717, 1.165) is 23.1 Å². The highest BCUT2D eigenvalue weighted by Gasteiger charge is 2.24. The second-order valence-corrected chi connectivity index (χ2v) is 6.11. The number of methoxy groups -OCH3 is 1. The first-order chi connectivity index (χ1) is 9.67. The molecule has 1 unspecified atom stereocenters. The van der Waals surface area contributed by atoms with Gasteiger partial charge in [0.05, 0.1) is 12.7 Å². The van der Waals surface area contributed by atoms with E-state index in [4.69, 9.17) is 4.74 Å². The summed E-state index contributed by atoms with van der Waals surface area (Å²) in [4.78, 5) is 14.8. The Hall–Kier alpha value is -0.820. The van der Waals surface area contributed by atoms with Crippen LogP contribution in [0.5, 0.6) is 5.75 Å². The number of carbonyl (C=O) groups is 1. The summed E-state index contributed by atoms with van der Waals surface area (Å²) in [5.41, 5.74) is 0.636. The number of likely N-dealkylation sites (N-methyl/N-ethyl adjacent to an activating group) is 1. The molecule has 0 bridgehead atoms. The van der Waals surface area contributed by atoms with Crippen LogP contribution < -0.4 is 10.1 Å². The fourth-order valence-corrected chi connectivity index (χ4v) is 3.45. The molecule has 5 heteroatoms. The summed E-state index contributed by atoms with van der Waals surface area (Å²) in [6.45, 7) is 5.07. The maximum Gasteiger partial charge on any atom is 0.256 e. The molecule has 1 aliphatic rings. The molecule has 1 aromatic rings. The number of ether oxygens (including phenoxy) is 1. The van der Waals surface area contributed by atoms with Gasteiger partial charge in [-0.3, -0.25) is 9.69 Å². The summed E-state index contributed by atoms with van der Waals surface area (Å²) in [5, 5.41) is 3.06. The summed E-state index contributed by atoms with van der Waals surface area (Å²) in [6.07, 6.45) is 2.39. The highest BCUT2D eigenvalue weighted by atomic mass is 127. The molecule has 1 aliphatic heterocycles. The monoisotopic (exact) mass is 388 g/mol. The van der Waals surface area contributed by atoms with Gasteiger partial charge in [-0.05, 0) is 60.7 Å². The topological polar surface area (TPSA) is 41.6 Å². The van der Waals surface area contributed by atoms with Gasteiger partial charge in [0, 0.05) is 16.2 Å². The Labute approximate surface area is 134 Å². The Bertz CT molecular complexity index is 479. The van der Waals surface area contributed by atoms with Gasteiger partial charge in [-0.25, -0.2) is 0 Å². The van der Waals surface area contributed by atoms with Crippen LogP contribution in [0.15, 0.2) is 18.2 Å². The molecule has 20 heavy (non-hydrogen) atoms. The first-order valence-corrected chi connectivity index (χ1v) is 8.10. The molecule has 0 spiro atoms. The van der Waals surface area contributed by atoms with Crippen LogP contribution in [0.2, 0.25) is 0 Å². The van der Waals surface area contributed by atoms with Crippen LogP contribution in [0.3, 0.4) is 0 Å². The van der Waals surface area contributed by atoms with Gasteiger partial charge < -0.3 is 10.1 Å². The molecule has 1 saturated heterocycles. The van der Waals surface area contributed by atoms with Gasteiger partial charge in [-0.1, -0.05) is 13.0 Å². The van der Waals surface area contributed by atoms with Gasteiger partial charge in [0.1, 0.15) is 5.75 Å². The minimum absolute atomic E-state index is 0.0465. The molecule has 1 heterocycles. The zero-order chi connectivity index (χ0) is 14.5. The third-order valence-corrected chi connectivity index (χ3v) is 4.72. The third-order valence-electron chi connectivity index (χ3n) is 3.83. The second kappa shape index (κ2) is 7.26. The molecule has 2 rings (SSSR count). The van der Waals surface area contributed by atoms with Gasteiger partial charge in [0.2, 0.25) is 0 Å². The number of halogens is 1. The molecule has 1 fully saturated rings. The zero-order valence-electron chi connectivity index (χ0n) is 12.0. The van der Waals surface area contributed by atoms with E-state index in [1.54, 1.807) is 7.11 Å². The van der Waals surface area contributed by atoms with Crippen molar-refractivity contribution in [2.75, 3.05) is 26.7 Å². The van der Waals surface area contributed by atoms with Crippen molar-refractivity contribution in [1.82, 2.24) is 10.2 Å². The number of likely N-dealkylation sites (tertiary alicyclic amines) is 1. The Morgan fingerprint density at radius 2 is 2.35 bits per heavy atom. The van der Waals surface area contributed by atoms with Crippen molar-refractivity contribution in [2.45, 2.75) is 25.8 Å². The van der Waals surface area contributed by atoms with Crippen molar-refractivity contribution in [2.24, 2.45) is 0 Å². The minimum Gasteiger partial charge on any atom is -0.496 e. The summed E-state index contributed by atoms with van der Waals surface area (Å²) >= 11 is 2.17. The predicted octanol–water partition coefficient (Wildman–Crippen LogP) is 2.51. The molecule has 1 aromatic carbocycles. The molecule has 1 atom stereocenters. The van der Waals surface area contributed by atoms with E-state index in [9.17, 15) is 4.79 Å². The molecule has 0 saturated carbocycles. The van der Waals surface area contributed by atoms with Crippen LogP contribution in [0.25, 0.3) is 0 Å². The van der Waals surface area contributed by atoms with Gasteiger partial charge >= 0.3 is 0 Å². The van der Waals surface area contributed by atoms with Crippen molar-refractivity contribution >= 4 is 28.5 Å². The zero-order valence-corrected chi connectivity index (χ0v) is 14.1. The molecule has 0 aliphatic carbocycles. The first-order valence-electron chi connectivity index (χ1n) is 7.02. The molecular formula is C15H21IN2O2. The Morgan fingerprint density at radius 1 is 1.55 bits per heavy atom. The lowest BCUT2D eigenvalue weighted by atomic mass is 10.1. The number of benzene rings is 1. The standard InChI is InChI=1S/C15H21IN2O2/c1-3-18-9-5-6-11(18)10-17-15(19)14-12(16)7-4-8-13(14)20-2/h4,7-8,11H,3,5-6,9-10H2,1-2H3,(H,17,19). The summed E-state index contributed by atoms with van der Waals surface area (Å²) in [6, 6.07) is 6.11. The Balaban J connectivity index is 2.02. The smallest absolute Gasteiger partial charge is 0.256 e. The number of hydrogen-bond donors (Lipinski definition) is 1. The number of amides is 1. The van der Waals surface area contributed by atoms with Crippen LogP contribution in [-0.4, -0.2) is 43.6 Å². The van der Waals surface area contributed by atoms with Crippen LogP contribution in [-0.2, 0) is 0 Å². The lowest BCUT2D eigenvalue weighted by Crippen LogP contribution is -2.40. The maximum absolute atomic E-state index is 12.4. The van der Waals surface area contributed by atoms with E-state index in [-0.39, 0.29) is 5.91 Å². The summed E-state index contributed by atoms with van der Waals surface area (Å²) in [7, 11) is 1.60. The average Bonchev–Trinajstić information content (AvgIpc) is 2.91. The van der Waals surface area contributed by atoms with Crippen LogP contribution in [0.4, 0.5) is 0 Å². The lowest BCUT2D eigenvalue weighted by Gasteiger charge is -2.23. The summed E-state index contributed by atoms with van der Waals surface area (Å²) < 4.78 is 6.20.